The van der Waals surface area contributed by atoms with Crippen molar-refractivity contribution in [2.45, 2.75) is 24.8 Å². The Hall–Kier alpha value is -3.23. The number of hydrogen-bond acceptors (Lipinski definition) is 6. The number of fused-ring (bicyclic) bond motifs is 1. The number of pyridine rings is 1. The van der Waals surface area contributed by atoms with Crippen molar-refractivity contribution in [3.63, 3.8) is 0 Å². The van der Waals surface area contributed by atoms with Crippen LogP contribution < -0.4 is 4.90 Å². The van der Waals surface area contributed by atoms with Crippen molar-refractivity contribution in [1.82, 2.24) is 19.5 Å². The molecule has 0 bridgehead atoms. The van der Waals surface area contributed by atoms with Crippen LogP contribution in [0.25, 0.3) is 28.2 Å². The summed E-state index contributed by atoms with van der Waals surface area (Å²) >= 11 is 0. The molecule has 0 aliphatic carbocycles. The molecule has 1 fully saturated rings. The molecule has 0 spiro atoms. The predicted molar refractivity (Wildman–Crippen MR) is 136 cm³/mol. The van der Waals surface area contributed by atoms with Crippen LogP contribution in [0.4, 0.5) is 5.69 Å². The number of anilines is 1. The fourth-order valence-electron chi connectivity index (χ4n) is 4.39. The van der Waals surface area contributed by atoms with Gasteiger partial charge in [0.05, 0.1) is 4.90 Å². The summed E-state index contributed by atoms with van der Waals surface area (Å²) < 4.78 is 25.2. The molecule has 3 heterocycles. The van der Waals surface area contributed by atoms with E-state index in [1.54, 1.807) is 28.8 Å². The number of aromatic nitrogens is 3. The van der Waals surface area contributed by atoms with Crippen LogP contribution in [0.2, 0.25) is 0 Å². The number of nitrogens with zero attached hydrogens (tertiary/aromatic N) is 5. The van der Waals surface area contributed by atoms with Crippen molar-refractivity contribution in [3.8, 4) is 22.5 Å². The summed E-state index contributed by atoms with van der Waals surface area (Å²) in [4.78, 5) is 9.85. The summed E-state index contributed by atoms with van der Waals surface area (Å²) in [6.45, 7) is 8.82. The molecule has 5 rings (SSSR count). The minimum atomic E-state index is -3.23. The average Bonchev–Trinajstić information content (AvgIpc) is 3.27. The van der Waals surface area contributed by atoms with E-state index in [1.165, 1.54) is 11.9 Å². The minimum absolute atomic E-state index is 0.285. The fourth-order valence-corrected chi connectivity index (χ4v) is 5.02. The van der Waals surface area contributed by atoms with Crippen molar-refractivity contribution in [1.29, 1.82) is 0 Å². The molecule has 0 atom stereocenters. The summed E-state index contributed by atoms with van der Waals surface area (Å²) in [5.41, 5.74) is 4.97. The molecule has 0 unspecified atom stereocenters. The van der Waals surface area contributed by atoms with E-state index >= 15 is 0 Å². The van der Waals surface area contributed by atoms with E-state index < -0.39 is 9.84 Å². The quantitative estimate of drug-likeness (QED) is 0.435. The summed E-state index contributed by atoms with van der Waals surface area (Å²) in [6.07, 6.45) is 3.18. The Kier molecular flexibility index (Phi) is 5.87. The van der Waals surface area contributed by atoms with Gasteiger partial charge in [-0.1, -0.05) is 12.1 Å². The second-order valence-corrected chi connectivity index (χ2v) is 11.1. The van der Waals surface area contributed by atoms with Crippen LogP contribution in [-0.2, 0) is 9.84 Å². The Labute approximate surface area is 200 Å². The first-order valence-electron chi connectivity index (χ1n) is 11.5. The summed E-state index contributed by atoms with van der Waals surface area (Å²) in [5.74, 6) is 0.563. The molecule has 1 aliphatic heterocycles. The van der Waals surface area contributed by atoms with Gasteiger partial charge >= 0.3 is 0 Å². The molecule has 2 aromatic heterocycles. The maximum Gasteiger partial charge on any atom is 0.182 e. The number of piperazine rings is 1. The van der Waals surface area contributed by atoms with Crippen molar-refractivity contribution >= 4 is 21.2 Å². The van der Waals surface area contributed by atoms with E-state index in [1.807, 2.05) is 12.3 Å². The van der Waals surface area contributed by atoms with E-state index in [-0.39, 0.29) is 4.90 Å². The van der Waals surface area contributed by atoms with Crippen LogP contribution >= 0.6 is 0 Å². The highest BCUT2D eigenvalue weighted by Gasteiger charge is 2.19. The first-order valence-corrected chi connectivity index (χ1v) is 13.4. The molecule has 0 saturated carbocycles. The number of hydrogen-bond donors (Lipinski definition) is 0. The highest BCUT2D eigenvalue weighted by Crippen LogP contribution is 2.26. The second-order valence-electron chi connectivity index (χ2n) is 9.12. The van der Waals surface area contributed by atoms with E-state index in [2.05, 4.69) is 64.1 Å². The number of rotatable bonds is 5. The first-order chi connectivity index (χ1) is 16.3. The fraction of sp³-hybridized carbons (Fsp3) is 0.308. The normalized spacial score (nSPS) is 15.4. The van der Waals surface area contributed by atoms with Gasteiger partial charge in [0, 0.05) is 61.5 Å². The molecule has 0 amide bonds. The third-order valence-corrected chi connectivity index (χ3v) is 7.61. The zero-order valence-corrected chi connectivity index (χ0v) is 20.5. The van der Waals surface area contributed by atoms with E-state index in [9.17, 15) is 8.42 Å². The van der Waals surface area contributed by atoms with E-state index in [4.69, 9.17) is 0 Å². The predicted octanol–water partition coefficient (Wildman–Crippen LogP) is 4.00. The van der Waals surface area contributed by atoms with Gasteiger partial charge in [0.2, 0.25) is 0 Å². The minimum Gasteiger partial charge on any atom is -0.369 e. The summed E-state index contributed by atoms with van der Waals surface area (Å²) in [6, 6.07) is 20.0. The lowest BCUT2D eigenvalue weighted by Crippen LogP contribution is -2.48. The molecule has 1 saturated heterocycles. The van der Waals surface area contributed by atoms with Gasteiger partial charge in [-0.2, -0.15) is 0 Å². The molecule has 0 N–H and O–H groups in total. The standard InChI is InChI=1S/C26H29N5O2S/c1-19(2)29-14-16-30(17-15-29)23-9-4-20(5-10-23)22-8-13-25-27-26(28-31(25)18-22)21-6-11-24(12-7-21)34(3,32)33/h4-13,18-19H,14-17H2,1-3H3. The average molecular weight is 476 g/mol. The molecular weight excluding hydrogens is 446 g/mol. The van der Waals surface area contributed by atoms with Gasteiger partial charge in [0.15, 0.2) is 21.3 Å². The van der Waals surface area contributed by atoms with Crippen LogP contribution in [0.15, 0.2) is 71.8 Å². The smallest absolute Gasteiger partial charge is 0.182 e. The lowest BCUT2D eigenvalue weighted by atomic mass is 10.1. The van der Waals surface area contributed by atoms with Crippen molar-refractivity contribution in [3.05, 3.63) is 66.9 Å². The monoisotopic (exact) mass is 475 g/mol. The van der Waals surface area contributed by atoms with Crippen LogP contribution in [0, 0.1) is 0 Å². The molecule has 4 aromatic rings. The Morgan fingerprint density at radius 3 is 2.03 bits per heavy atom. The van der Waals surface area contributed by atoms with E-state index in [0.717, 1.165) is 48.5 Å². The van der Waals surface area contributed by atoms with Crippen molar-refractivity contribution < 1.29 is 8.42 Å². The van der Waals surface area contributed by atoms with Gasteiger partial charge in [0.1, 0.15) is 0 Å². The maximum absolute atomic E-state index is 11.7. The highest BCUT2D eigenvalue weighted by atomic mass is 32.2. The molecular formula is C26H29N5O2S. The maximum atomic E-state index is 11.7. The molecule has 7 nitrogen and oxygen atoms in total. The zero-order valence-electron chi connectivity index (χ0n) is 19.7. The lowest BCUT2D eigenvalue weighted by Gasteiger charge is -2.38. The number of benzene rings is 2. The Bertz CT molecular complexity index is 1400. The van der Waals surface area contributed by atoms with Gasteiger partial charge in [-0.25, -0.2) is 17.9 Å². The largest absolute Gasteiger partial charge is 0.369 e. The Balaban J connectivity index is 1.35. The molecule has 1 aliphatic rings. The first kappa shape index (κ1) is 22.6. The third-order valence-electron chi connectivity index (χ3n) is 6.48. The lowest BCUT2D eigenvalue weighted by molar-refractivity contribution is 0.209. The Morgan fingerprint density at radius 2 is 1.41 bits per heavy atom. The molecule has 8 heteroatoms. The van der Waals surface area contributed by atoms with Crippen LogP contribution in [-0.4, -0.2) is 66.4 Å². The Morgan fingerprint density at radius 1 is 0.794 bits per heavy atom. The third kappa shape index (κ3) is 4.56. The van der Waals surface area contributed by atoms with Gasteiger partial charge in [-0.15, -0.1) is 5.10 Å². The van der Waals surface area contributed by atoms with Gasteiger partial charge < -0.3 is 4.90 Å². The van der Waals surface area contributed by atoms with Crippen LogP contribution in [0.3, 0.4) is 0 Å². The number of sulfone groups is 1. The van der Waals surface area contributed by atoms with Gasteiger partial charge in [-0.3, -0.25) is 4.90 Å². The molecule has 176 valence electrons. The molecule has 34 heavy (non-hydrogen) atoms. The van der Waals surface area contributed by atoms with E-state index in [0.29, 0.717) is 11.9 Å². The molecule has 0 radical (unpaired) electrons. The van der Waals surface area contributed by atoms with Gasteiger partial charge in [0.25, 0.3) is 0 Å². The topological polar surface area (TPSA) is 70.8 Å². The van der Waals surface area contributed by atoms with Crippen molar-refractivity contribution in [2.24, 2.45) is 0 Å². The summed E-state index contributed by atoms with van der Waals surface area (Å²) in [7, 11) is -3.23. The highest BCUT2D eigenvalue weighted by molar-refractivity contribution is 7.90. The van der Waals surface area contributed by atoms with Crippen LogP contribution in [0.5, 0.6) is 0 Å². The SMILES string of the molecule is CC(C)N1CCN(c2ccc(-c3ccc4nc(-c5ccc(S(C)(=O)=O)cc5)nn4c3)cc2)CC1. The van der Waals surface area contributed by atoms with Crippen molar-refractivity contribution in [2.75, 3.05) is 37.3 Å². The molecule has 2 aromatic carbocycles. The second kappa shape index (κ2) is 8.85. The van der Waals surface area contributed by atoms with Gasteiger partial charge in [-0.05, 0) is 67.9 Å². The zero-order chi connectivity index (χ0) is 23.9. The summed E-state index contributed by atoms with van der Waals surface area (Å²) in [5, 5.41) is 4.62. The van der Waals surface area contributed by atoms with Crippen LogP contribution in [0.1, 0.15) is 13.8 Å².